The van der Waals surface area contributed by atoms with Gasteiger partial charge in [-0.15, -0.1) is 0 Å². The molecule has 1 aromatic heterocycles. The van der Waals surface area contributed by atoms with Crippen LogP contribution in [0.1, 0.15) is 21.7 Å². The van der Waals surface area contributed by atoms with Crippen LogP contribution in [0, 0.1) is 0 Å². The van der Waals surface area contributed by atoms with Gasteiger partial charge in [-0.25, -0.2) is 0 Å². The van der Waals surface area contributed by atoms with Gasteiger partial charge < -0.3 is 14.6 Å². The van der Waals surface area contributed by atoms with E-state index in [0.717, 1.165) is 30.0 Å². The van der Waals surface area contributed by atoms with Crippen molar-refractivity contribution in [2.45, 2.75) is 13.1 Å². The van der Waals surface area contributed by atoms with Crippen molar-refractivity contribution in [3.05, 3.63) is 59.5 Å². The summed E-state index contributed by atoms with van der Waals surface area (Å²) < 4.78 is 5.33. The first-order chi connectivity index (χ1) is 9.34. The topological polar surface area (TPSA) is 45.5 Å². The molecule has 0 atom stereocenters. The molecule has 0 aliphatic carbocycles. The average molecular weight is 256 g/mol. The van der Waals surface area contributed by atoms with Crippen LogP contribution >= 0.6 is 0 Å². The second kappa shape index (κ2) is 5.28. The van der Waals surface area contributed by atoms with Crippen LogP contribution in [-0.4, -0.2) is 23.9 Å². The average Bonchev–Trinajstić information content (AvgIpc) is 2.93. The van der Waals surface area contributed by atoms with Gasteiger partial charge in [0.05, 0.1) is 12.8 Å². The molecular formula is C15H16N2O2. The zero-order chi connectivity index (χ0) is 13.1. The highest BCUT2D eigenvalue weighted by molar-refractivity contribution is 5.95. The summed E-state index contributed by atoms with van der Waals surface area (Å²) in [5.41, 5.74) is 1.83. The van der Waals surface area contributed by atoms with E-state index in [0.29, 0.717) is 13.1 Å². The van der Waals surface area contributed by atoms with Gasteiger partial charge in [-0.2, -0.15) is 0 Å². The molecule has 0 saturated heterocycles. The number of hydrogen-bond donors (Lipinski definition) is 1. The molecule has 3 rings (SSSR count). The number of hydrogen-bond acceptors (Lipinski definition) is 3. The smallest absolute Gasteiger partial charge is 0.254 e. The molecule has 2 heterocycles. The third-order valence-electron chi connectivity index (χ3n) is 3.34. The Balaban J connectivity index is 1.88. The van der Waals surface area contributed by atoms with Crippen molar-refractivity contribution in [1.82, 2.24) is 10.2 Å². The Morgan fingerprint density at radius 1 is 1.21 bits per heavy atom. The molecule has 1 N–H and O–H groups in total. The quantitative estimate of drug-likeness (QED) is 0.894. The van der Waals surface area contributed by atoms with Crippen LogP contribution in [0.4, 0.5) is 0 Å². The number of carbonyl (C=O) groups is 1. The van der Waals surface area contributed by atoms with E-state index in [4.69, 9.17) is 4.42 Å². The fraction of sp³-hybridized carbons (Fsp3) is 0.267. The Bertz CT molecular complexity index is 563. The highest BCUT2D eigenvalue weighted by Crippen LogP contribution is 2.16. The van der Waals surface area contributed by atoms with E-state index < -0.39 is 0 Å². The first-order valence-electron chi connectivity index (χ1n) is 6.45. The number of fused-ring (bicyclic) bond motifs is 1. The first kappa shape index (κ1) is 12.0. The van der Waals surface area contributed by atoms with Crippen LogP contribution in [0.15, 0.2) is 47.1 Å². The summed E-state index contributed by atoms with van der Waals surface area (Å²) in [6.07, 6.45) is 1.63. The monoisotopic (exact) mass is 256 g/mol. The largest absolute Gasteiger partial charge is 0.467 e. The maximum absolute atomic E-state index is 12.6. The van der Waals surface area contributed by atoms with Gasteiger partial charge in [-0.1, -0.05) is 18.2 Å². The number of benzene rings is 1. The molecule has 0 radical (unpaired) electrons. The molecular weight excluding hydrogens is 240 g/mol. The molecule has 1 aliphatic rings. The second-order valence-corrected chi connectivity index (χ2v) is 4.64. The summed E-state index contributed by atoms with van der Waals surface area (Å²) >= 11 is 0. The fourth-order valence-corrected chi connectivity index (χ4v) is 2.33. The summed E-state index contributed by atoms with van der Waals surface area (Å²) in [6.45, 7) is 2.74. The first-order valence-corrected chi connectivity index (χ1v) is 6.45. The van der Waals surface area contributed by atoms with Crippen LogP contribution in [0.3, 0.4) is 0 Å². The van der Waals surface area contributed by atoms with E-state index in [2.05, 4.69) is 5.32 Å². The highest BCUT2D eigenvalue weighted by atomic mass is 16.3. The van der Waals surface area contributed by atoms with Gasteiger partial charge in [0.15, 0.2) is 0 Å². The van der Waals surface area contributed by atoms with Gasteiger partial charge in [-0.05, 0) is 23.8 Å². The predicted octanol–water partition coefficient (Wildman–Crippen LogP) is 2.03. The Morgan fingerprint density at radius 3 is 2.95 bits per heavy atom. The molecule has 0 unspecified atom stereocenters. The van der Waals surface area contributed by atoms with E-state index in [1.165, 1.54) is 0 Å². The second-order valence-electron chi connectivity index (χ2n) is 4.64. The normalized spacial score (nSPS) is 15.8. The lowest BCUT2D eigenvalue weighted by molar-refractivity contribution is 0.0726. The highest BCUT2D eigenvalue weighted by Gasteiger charge is 2.21. The van der Waals surface area contributed by atoms with Crippen molar-refractivity contribution in [2.24, 2.45) is 0 Å². The third kappa shape index (κ3) is 2.53. The Kier molecular flexibility index (Phi) is 3.33. The minimum absolute atomic E-state index is 0.0773. The molecule has 1 amide bonds. The van der Waals surface area contributed by atoms with Crippen molar-refractivity contribution in [1.29, 1.82) is 0 Å². The summed E-state index contributed by atoms with van der Waals surface area (Å²) in [7, 11) is 0. The van der Waals surface area contributed by atoms with E-state index in [1.54, 1.807) is 6.26 Å². The van der Waals surface area contributed by atoms with Crippen molar-refractivity contribution in [3.8, 4) is 0 Å². The zero-order valence-corrected chi connectivity index (χ0v) is 10.6. The van der Waals surface area contributed by atoms with Crippen LogP contribution in [0.2, 0.25) is 0 Å². The van der Waals surface area contributed by atoms with Gasteiger partial charge >= 0.3 is 0 Å². The molecule has 98 valence electrons. The van der Waals surface area contributed by atoms with Gasteiger partial charge in [0.2, 0.25) is 0 Å². The van der Waals surface area contributed by atoms with Crippen LogP contribution in [-0.2, 0) is 13.1 Å². The van der Waals surface area contributed by atoms with Crippen molar-refractivity contribution >= 4 is 5.91 Å². The third-order valence-corrected chi connectivity index (χ3v) is 3.34. The van der Waals surface area contributed by atoms with Crippen molar-refractivity contribution in [3.63, 3.8) is 0 Å². The van der Waals surface area contributed by atoms with E-state index in [-0.39, 0.29) is 5.91 Å². The van der Waals surface area contributed by atoms with Crippen LogP contribution < -0.4 is 5.32 Å². The minimum Gasteiger partial charge on any atom is -0.467 e. The lowest BCUT2D eigenvalue weighted by atomic mass is 10.1. The molecule has 19 heavy (non-hydrogen) atoms. The van der Waals surface area contributed by atoms with Crippen molar-refractivity contribution in [2.75, 3.05) is 13.1 Å². The lowest BCUT2D eigenvalue weighted by Crippen LogP contribution is -2.39. The van der Waals surface area contributed by atoms with Gasteiger partial charge in [-0.3, -0.25) is 4.79 Å². The van der Waals surface area contributed by atoms with Gasteiger partial charge in [0.25, 0.3) is 5.91 Å². The van der Waals surface area contributed by atoms with Gasteiger partial charge in [0.1, 0.15) is 5.76 Å². The molecule has 2 aromatic rings. The van der Waals surface area contributed by atoms with Crippen molar-refractivity contribution < 1.29 is 9.21 Å². The molecule has 4 heteroatoms. The summed E-state index contributed by atoms with van der Waals surface area (Å²) in [6, 6.07) is 11.5. The molecule has 0 saturated carbocycles. The Morgan fingerprint density at radius 2 is 2.11 bits per heavy atom. The fourth-order valence-electron chi connectivity index (χ4n) is 2.33. The summed E-state index contributed by atoms with van der Waals surface area (Å²) in [4.78, 5) is 14.4. The van der Waals surface area contributed by atoms with Gasteiger partial charge in [0, 0.05) is 25.2 Å². The number of rotatable bonds is 2. The Labute approximate surface area is 112 Å². The molecule has 0 spiro atoms. The number of carbonyl (C=O) groups excluding carboxylic acids is 1. The van der Waals surface area contributed by atoms with E-state index in [1.807, 2.05) is 41.3 Å². The van der Waals surface area contributed by atoms with Crippen LogP contribution in [0.5, 0.6) is 0 Å². The number of amides is 1. The molecule has 1 aliphatic heterocycles. The summed E-state index contributed by atoms with van der Waals surface area (Å²) in [5, 5.41) is 3.35. The Hall–Kier alpha value is -2.07. The standard InChI is InChI=1S/C15H16N2O2/c18-15-14-6-2-1-4-12(14)10-16-7-8-17(15)11-13-5-3-9-19-13/h1-6,9,16H,7-8,10-11H2. The molecule has 0 fully saturated rings. The number of nitrogens with one attached hydrogen (secondary N) is 1. The molecule has 0 bridgehead atoms. The van der Waals surface area contributed by atoms with E-state index in [9.17, 15) is 4.79 Å². The maximum atomic E-state index is 12.6. The van der Waals surface area contributed by atoms with E-state index >= 15 is 0 Å². The SMILES string of the molecule is O=C1c2ccccc2CNCCN1Cc1ccco1. The van der Waals surface area contributed by atoms with Crippen LogP contribution in [0.25, 0.3) is 0 Å². The molecule has 1 aromatic carbocycles. The zero-order valence-electron chi connectivity index (χ0n) is 10.6. The lowest BCUT2D eigenvalue weighted by Gasteiger charge is -2.25. The number of nitrogens with zero attached hydrogens (tertiary/aromatic N) is 1. The minimum atomic E-state index is 0.0773. The summed E-state index contributed by atoms with van der Waals surface area (Å²) in [5.74, 6) is 0.889. The number of furan rings is 1. The molecule has 4 nitrogen and oxygen atoms in total. The maximum Gasteiger partial charge on any atom is 0.254 e. The predicted molar refractivity (Wildman–Crippen MR) is 71.6 cm³/mol.